The summed E-state index contributed by atoms with van der Waals surface area (Å²) in [6.45, 7) is 0.238. The van der Waals surface area contributed by atoms with E-state index in [2.05, 4.69) is 10.3 Å². The van der Waals surface area contributed by atoms with Crippen LogP contribution in [0, 0.1) is 0 Å². The summed E-state index contributed by atoms with van der Waals surface area (Å²) in [7, 11) is 1.53. The number of hydrogen-bond donors (Lipinski definition) is 1. The maximum atomic E-state index is 10.8. The van der Waals surface area contributed by atoms with Gasteiger partial charge in [0.25, 0.3) is 0 Å². The van der Waals surface area contributed by atoms with Gasteiger partial charge in [0.1, 0.15) is 11.4 Å². The Kier molecular flexibility index (Phi) is 3.15. The molecule has 0 saturated carbocycles. The number of aromatic hydroxyl groups is 1. The van der Waals surface area contributed by atoms with E-state index in [1.54, 1.807) is 12.1 Å². The van der Waals surface area contributed by atoms with E-state index in [0.29, 0.717) is 17.7 Å². The zero-order chi connectivity index (χ0) is 12.3. The maximum Gasteiger partial charge on any atom is 0.172 e. The Morgan fingerprint density at radius 1 is 1.41 bits per heavy atom. The van der Waals surface area contributed by atoms with Gasteiger partial charge in [-0.3, -0.25) is 4.79 Å². The molecule has 88 valence electrons. The Morgan fingerprint density at radius 3 is 2.71 bits per heavy atom. The highest BCUT2D eigenvalue weighted by molar-refractivity contribution is 5.73. The number of carbonyl (C=O) groups is 1. The summed E-state index contributed by atoms with van der Waals surface area (Å²) in [5.74, 6) is 0.165. The molecular weight excluding hydrogens is 222 g/mol. The minimum Gasteiger partial charge on any atom is -0.508 e. The average molecular weight is 233 g/mol. The van der Waals surface area contributed by atoms with Gasteiger partial charge in [0.05, 0.1) is 12.3 Å². The number of carbonyl (C=O) groups excluding carboxylic acids is 1. The van der Waals surface area contributed by atoms with Crippen molar-refractivity contribution < 1.29 is 14.6 Å². The average Bonchev–Trinajstić information content (AvgIpc) is 2.74. The van der Waals surface area contributed by atoms with Crippen molar-refractivity contribution in [1.29, 1.82) is 0 Å². The number of ether oxygens (including phenoxy) is 1. The summed E-state index contributed by atoms with van der Waals surface area (Å²) < 4.78 is 6.51. The van der Waals surface area contributed by atoms with Gasteiger partial charge in [0.15, 0.2) is 12.0 Å². The molecule has 0 radical (unpaired) electrons. The number of benzene rings is 1. The van der Waals surface area contributed by atoms with Crippen molar-refractivity contribution in [1.82, 2.24) is 15.0 Å². The molecule has 17 heavy (non-hydrogen) atoms. The molecule has 1 heterocycles. The van der Waals surface area contributed by atoms with Gasteiger partial charge in [-0.05, 0) is 24.3 Å². The molecule has 0 aliphatic rings. The van der Waals surface area contributed by atoms with Crippen molar-refractivity contribution in [2.45, 2.75) is 6.61 Å². The first-order valence-corrected chi connectivity index (χ1v) is 4.94. The summed E-state index contributed by atoms with van der Waals surface area (Å²) in [4.78, 5) is 10.8. The first-order valence-electron chi connectivity index (χ1n) is 4.94. The minimum absolute atomic E-state index is 0.165. The molecule has 0 amide bonds. The lowest BCUT2D eigenvalue weighted by molar-refractivity contribution is 0.111. The second kappa shape index (κ2) is 4.75. The molecule has 0 fully saturated rings. The van der Waals surface area contributed by atoms with Crippen LogP contribution in [0.25, 0.3) is 5.69 Å². The van der Waals surface area contributed by atoms with Gasteiger partial charge in [0, 0.05) is 7.11 Å². The first kappa shape index (κ1) is 11.3. The Bertz CT molecular complexity index is 519. The predicted octanol–water partition coefficient (Wildman–Crippen LogP) is 0.932. The van der Waals surface area contributed by atoms with E-state index >= 15 is 0 Å². The van der Waals surface area contributed by atoms with E-state index in [1.165, 1.54) is 23.9 Å². The van der Waals surface area contributed by atoms with Crippen molar-refractivity contribution in [3.63, 3.8) is 0 Å². The van der Waals surface area contributed by atoms with Crippen molar-refractivity contribution in [3.8, 4) is 11.4 Å². The highest BCUT2D eigenvalue weighted by Crippen LogP contribution is 2.16. The van der Waals surface area contributed by atoms with Crippen LogP contribution in [0.3, 0.4) is 0 Å². The largest absolute Gasteiger partial charge is 0.508 e. The van der Waals surface area contributed by atoms with Crippen LogP contribution in [0.5, 0.6) is 5.75 Å². The van der Waals surface area contributed by atoms with Crippen LogP contribution in [0.2, 0.25) is 0 Å². The zero-order valence-electron chi connectivity index (χ0n) is 9.20. The van der Waals surface area contributed by atoms with E-state index in [4.69, 9.17) is 4.74 Å². The number of hydrogen-bond acceptors (Lipinski definition) is 5. The predicted molar refractivity (Wildman–Crippen MR) is 59.1 cm³/mol. The summed E-state index contributed by atoms with van der Waals surface area (Å²) in [5, 5.41) is 16.8. The molecule has 0 unspecified atom stereocenters. The quantitative estimate of drug-likeness (QED) is 0.795. The van der Waals surface area contributed by atoms with E-state index in [0.717, 1.165) is 0 Å². The van der Waals surface area contributed by atoms with Crippen LogP contribution in [0.4, 0.5) is 0 Å². The number of rotatable bonds is 4. The van der Waals surface area contributed by atoms with Crippen molar-refractivity contribution >= 4 is 6.29 Å². The molecule has 2 aromatic rings. The van der Waals surface area contributed by atoms with E-state index in [-0.39, 0.29) is 18.1 Å². The number of aromatic nitrogens is 3. The summed E-state index contributed by atoms with van der Waals surface area (Å²) in [6.07, 6.45) is 0.637. The third kappa shape index (κ3) is 2.16. The van der Waals surface area contributed by atoms with Crippen molar-refractivity contribution in [3.05, 3.63) is 35.7 Å². The van der Waals surface area contributed by atoms with Crippen LogP contribution in [-0.2, 0) is 11.3 Å². The molecule has 0 aliphatic carbocycles. The summed E-state index contributed by atoms with van der Waals surface area (Å²) in [6, 6.07) is 6.43. The second-order valence-electron chi connectivity index (χ2n) is 3.40. The molecule has 2 rings (SSSR count). The molecule has 6 nitrogen and oxygen atoms in total. The van der Waals surface area contributed by atoms with Gasteiger partial charge in [0.2, 0.25) is 0 Å². The maximum absolute atomic E-state index is 10.8. The number of aldehydes is 1. The molecule has 0 spiro atoms. The number of methoxy groups -OCH3 is 1. The number of nitrogens with zero attached hydrogens (tertiary/aromatic N) is 3. The zero-order valence-corrected chi connectivity index (χ0v) is 9.20. The first-order chi connectivity index (χ1) is 8.26. The fraction of sp³-hybridized carbons (Fsp3) is 0.182. The van der Waals surface area contributed by atoms with Crippen LogP contribution < -0.4 is 0 Å². The SMILES string of the molecule is COCc1c(C=O)nnn1-c1ccc(O)cc1. The highest BCUT2D eigenvalue weighted by Gasteiger charge is 2.13. The normalized spacial score (nSPS) is 10.4. The van der Waals surface area contributed by atoms with Gasteiger partial charge in [-0.2, -0.15) is 0 Å². The van der Waals surface area contributed by atoms with E-state index < -0.39 is 0 Å². The monoisotopic (exact) mass is 233 g/mol. The standard InChI is InChI=1S/C11H11N3O3/c1-17-7-11-10(6-15)12-13-14(11)8-2-4-9(16)5-3-8/h2-6,16H,7H2,1H3. The lowest BCUT2D eigenvalue weighted by atomic mass is 10.3. The van der Waals surface area contributed by atoms with Crippen LogP contribution in [0.15, 0.2) is 24.3 Å². The number of phenols is 1. The number of phenolic OH excluding ortho intramolecular Hbond substituents is 1. The highest BCUT2D eigenvalue weighted by atomic mass is 16.5. The van der Waals surface area contributed by atoms with Crippen LogP contribution in [0.1, 0.15) is 16.2 Å². The summed E-state index contributed by atoms with van der Waals surface area (Å²) in [5.41, 5.74) is 1.53. The van der Waals surface area contributed by atoms with Crippen molar-refractivity contribution in [2.75, 3.05) is 7.11 Å². The Balaban J connectivity index is 2.47. The third-order valence-electron chi connectivity index (χ3n) is 2.28. The smallest absolute Gasteiger partial charge is 0.172 e. The lowest BCUT2D eigenvalue weighted by Gasteiger charge is -2.05. The molecular formula is C11H11N3O3. The fourth-order valence-electron chi connectivity index (χ4n) is 1.48. The Labute approximate surface area is 97.4 Å². The molecule has 1 aromatic heterocycles. The van der Waals surface area contributed by atoms with E-state index in [9.17, 15) is 9.90 Å². The van der Waals surface area contributed by atoms with E-state index in [1.807, 2.05) is 0 Å². The van der Waals surface area contributed by atoms with Crippen LogP contribution >= 0.6 is 0 Å². The molecule has 0 atom stereocenters. The van der Waals surface area contributed by atoms with Crippen LogP contribution in [-0.4, -0.2) is 33.5 Å². The minimum atomic E-state index is 0.165. The second-order valence-corrected chi connectivity index (χ2v) is 3.40. The van der Waals surface area contributed by atoms with Gasteiger partial charge in [-0.25, -0.2) is 4.68 Å². The van der Waals surface area contributed by atoms with Gasteiger partial charge in [-0.1, -0.05) is 5.21 Å². The lowest BCUT2D eigenvalue weighted by Crippen LogP contribution is -2.04. The van der Waals surface area contributed by atoms with Gasteiger partial charge < -0.3 is 9.84 Å². The fourth-order valence-corrected chi connectivity index (χ4v) is 1.48. The molecule has 1 N–H and O–H groups in total. The van der Waals surface area contributed by atoms with Crippen molar-refractivity contribution in [2.24, 2.45) is 0 Å². The Morgan fingerprint density at radius 2 is 2.12 bits per heavy atom. The molecule has 0 aliphatic heterocycles. The topological polar surface area (TPSA) is 77.2 Å². The van der Waals surface area contributed by atoms with Gasteiger partial charge in [-0.15, -0.1) is 5.10 Å². The van der Waals surface area contributed by atoms with Gasteiger partial charge >= 0.3 is 0 Å². The molecule has 6 heteroatoms. The Hall–Kier alpha value is -2.21. The molecule has 1 aromatic carbocycles. The summed E-state index contributed by atoms with van der Waals surface area (Å²) >= 11 is 0. The third-order valence-corrected chi connectivity index (χ3v) is 2.28. The molecule has 0 bridgehead atoms. The molecule has 0 saturated heterocycles.